The molecule has 0 bridgehead atoms. The highest BCUT2D eigenvalue weighted by atomic mass is 35.5. The van der Waals surface area contributed by atoms with E-state index in [0.717, 1.165) is 51.4 Å². The van der Waals surface area contributed by atoms with E-state index in [1.165, 1.54) is 11.8 Å². The fourth-order valence-corrected chi connectivity index (χ4v) is 4.97. The molecule has 176 valence electrons. The second-order valence-electron chi connectivity index (χ2n) is 8.47. The number of piperazine rings is 1. The van der Waals surface area contributed by atoms with Crippen LogP contribution in [0.5, 0.6) is 5.75 Å². The summed E-state index contributed by atoms with van der Waals surface area (Å²) < 4.78 is 28.8. The number of halogens is 1. The van der Waals surface area contributed by atoms with Crippen LogP contribution in [0.25, 0.3) is 0 Å². The monoisotopic (exact) mass is 480 g/mol. The Morgan fingerprint density at radius 1 is 1.16 bits per heavy atom. The maximum absolute atomic E-state index is 11.5. The van der Waals surface area contributed by atoms with Crippen molar-refractivity contribution in [2.45, 2.75) is 44.9 Å². The second-order valence-corrected chi connectivity index (χ2v) is 11.0. The third-order valence-electron chi connectivity index (χ3n) is 5.70. The minimum atomic E-state index is -3.12. The molecule has 1 saturated heterocycles. The molecule has 1 fully saturated rings. The molecule has 3 rings (SSSR count). The Morgan fingerprint density at radius 2 is 1.84 bits per heavy atom. The molecule has 0 radical (unpaired) electrons. The Bertz CT molecular complexity index is 977. The number of rotatable bonds is 10. The van der Waals surface area contributed by atoms with Gasteiger partial charge < -0.3 is 9.64 Å². The summed E-state index contributed by atoms with van der Waals surface area (Å²) in [7, 11) is -3.12. The van der Waals surface area contributed by atoms with E-state index >= 15 is 0 Å². The van der Waals surface area contributed by atoms with E-state index < -0.39 is 9.84 Å². The molecule has 1 aromatic carbocycles. The first-order valence-corrected chi connectivity index (χ1v) is 13.6. The minimum absolute atomic E-state index is 0.0664. The maximum atomic E-state index is 11.5. The lowest BCUT2D eigenvalue weighted by atomic mass is 10.2. The molecule has 2 heterocycles. The van der Waals surface area contributed by atoms with Gasteiger partial charge >= 0.3 is 0 Å². The lowest BCUT2D eigenvalue weighted by Crippen LogP contribution is -2.50. The first-order chi connectivity index (χ1) is 15.2. The number of hydrogen-bond acceptors (Lipinski definition) is 7. The molecule has 1 atom stereocenters. The van der Waals surface area contributed by atoms with Crippen molar-refractivity contribution in [3.8, 4) is 5.75 Å². The summed E-state index contributed by atoms with van der Waals surface area (Å²) in [6.45, 7) is 8.71. The molecular weight excluding hydrogens is 448 g/mol. The summed E-state index contributed by atoms with van der Waals surface area (Å²) in [6, 6.07) is 5.59. The predicted molar refractivity (Wildman–Crippen MR) is 129 cm³/mol. The number of nitrogens with zero attached hydrogens (tertiary/aromatic N) is 4. The first kappa shape index (κ1) is 24.7. The van der Waals surface area contributed by atoms with Gasteiger partial charge in [0.1, 0.15) is 5.75 Å². The van der Waals surface area contributed by atoms with Crippen LogP contribution < -0.4 is 9.64 Å². The Balaban J connectivity index is 1.42. The molecule has 0 saturated carbocycles. The summed E-state index contributed by atoms with van der Waals surface area (Å²) in [4.78, 5) is 13.8. The van der Waals surface area contributed by atoms with Gasteiger partial charge in [0, 0.05) is 55.9 Å². The molecule has 2 aromatic rings. The van der Waals surface area contributed by atoms with E-state index in [2.05, 4.69) is 33.6 Å². The van der Waals surface area contributed by atoms with Gasteiger partial charge in [0.15, 0.2) is 9.84 Å². The van der Waals surface area contributed by atoms with Crippen LogP contribution in [-0.4, -0.2) is 68.4 Å². The second kappa shape index (κ2) is 11.3. The number of sulfone groups is 1. The normalized spacial score (nSPS) is 16.2. The largest absolute Gasteiger partial charge is 0.493 e. The van der Waals surface area contributed by atoms with Gasteiger partial charge in [-0.2, -0.15) is 0 Å². The highest BCUT2D eigenvalue weighted by Gasteiger charge is 2.22. The van der Waals surface area contributed by atoms with Gasteiger partial charge in [-0.1, -0.05) is 31.0 Å². The summed E-state index contributed by atoms with van der Waals surface area (Å²) >= 11 is 6.22. The van der Waals surface area contributed by atoms with Gasteiger partial charge in [-0.25, -0.2) is 18.4 Å². The van der Waals surface area contributed by atoms with E-state index in [9.17, 15) is 8.42 Å². The van der Waals surface area contributed by atoms with Crippen molar-refractivity contribution in [1.29, 1.82) is 0 Å². The average molecular weight is 481 g/mol. The number of anilines is 1. The smallest absolute Gasteiger partial charge is 0.225 e. The lowest BCUT2D eigenvalue weighted by Gasteiger charge is -2.38. The number of aryl methyl sites for hydroxylation is 1. The fraction of sp³-hybridized carbons (Fsp3) is 0.565. The van der Waals surface area contributed by atoms with Crippen molar-refractivity contribution in [1.82, 2.24) is 14.9 Å². The zero-order chi connectivity index (χ0) is 23.1. The van der Waals surface area contributed by atoms with E-state index in [4.69, 9.17) is 16.3 Å². The maximum Gasteiger partial charge on any atom is 0.225 e. The quantitative estimate of drug-likeness (QED) is 0.514. The Labute approximate surface area is 196 Å². The van der Waals surface area contributed by atoms with Crippen LogP contribution >= 0.6 is 11.6 Å². The predicted octanol–water partition coefficient (Wildman–Crippen LogP) is 3.61. The molecule has 7 nitrogen and oxygen atoms in total. The van der Waals surface area contributed by atoms with Crippen molar-refractivity contribution in [3.05, 3.63) is 46.7 Å². The summed E-state index contributed by atoms with van der Waals surface area (Å²) in [5.41, 5.74) is 1.78. The number of hydrogen-bond donors (Lipinski definition) is 0. The molecule has 1 aromatic heterocycles. The zero-order valence-corrected chi connectivity index (χ0v) is 20.7. The fourth-order valence-electron chi connectivity index (χ4n) is 3.84. The van der Waals surface area contributed by atoms with E-state index in [0.29, 0.717) is 29.0 Å². The standard InChI is InChI=1S/C23H33ClN4O3S/c1-4-5-19-15-25-23(26-16-19)28-11-9-27(10-12-28)18(2)8-13-31-21-7-6-20(22(24)14-21)17-32(3,29)30/h6-7,14-16,18H,4-5,8-13,17H2,1-3H3. The summed E-state index contributed by atoms with van der Waals surface area (Å²) in [5.74, 6) is 1.41. The molecule has 0 amide bonds. The van der Waals surface area contributed by atoms with Crippen molar-refractivity contribution in [2.75, 3.05) is 43.9 Å². The third kappa shape index (κ3) is 7.32. The van der Waals surface area contributed by atoms with E-state index in [-0.39, 0.29) is 5.75 Å². The van der Waals surface area contributed by atoms with Crippen LogP contribution in [0, 0.1) is 0 Å². The number of ether oxygens (including phenoxy) is 1. The highest BCUT2D eigenvalue weighted by Crippen LogP contribution is 2.24. The van der Waals surface area contributed by atoms with Crippen LogP contribution in [0.15, 0.2) is 30.6 Å². The molecule has 9 heteroatoms. The summed E-state index contributed by atoms with van der Waals surface area (Å²) in [6.07, 6.45) is 8.10. The van der Waals surface area contributed by atoms with Crippen LogP contribution in [0.1, 0.15) is 37.8 Å². The molecule has 1 unspecified atom stereocenters. The van der Waals surface area contributed by atoms with Crippen LogP contribution in [0.2, 0.25) is 5.02 Å². The van der Waals surface area contributed by atoms with Gasteiger partial charge in [0.05, 0.1) is 12.4 Å². The molecule has 1 aliphatic heterocycles. The van der Waals surface area contributed by atoms with Gasteiger partial charge in [-0.05, 0) is 43.0 Å². The molecule has 0 aliphatic carbocycles. The van der Waals surface area contributed by atoms with E-state index in [1.807, 2.05) is 12.4 Å². The number of aromatic nitrogens is 2. The van der Waals surface area contributed by atoms with Crippen molar-refractivity contribution >= 4 is 27.4 Å². The lowest BCUT2D eigenvalue weighted by molar-refractivity contribution is 0.165. The SMILES string of the molecule is CCCc1cnc(N2CCN(C(C)CCOc3ccc(CS(C)(=O)=O)c(Cl)c3)CC2)nc1. The molecule has 0 spiro atoms. The topological polar surface area (TPSA) is 75.6 Å². The average Bonchev–Trinajstić information content (AvgIpc) is 2.76. The van der Waals surface area contributed by atoms with Gasteiger partial charge in [0.25, 0.3) is 0 Å². The molecule has 32 heavy (non-hydrogen) atoms. The summed E-state index contributed by atoms with van der Waals surface area (Å²) in [5, 5.41) is 0.419. The van der Waals surface area contributed by atoms with Crippen molar-refractivity contribution in [3.63, 3.8) is 0 Å². The van der Waals surface area contributed by atoms with Crippen molar-refractivity contribution in [2.24, 2.45) is 0 Å². The third-order valence-corrected chi connectivity index (χ3v) is 6.88. The van der Waals surface area contributed by atoms with Gasteiger partial charge in [-0.15, -0.1) is 0 Å². The molecule has 0 N–H and O–H groups in total. The van der Waals surface area contributed by atoms with Crippen LogP contribution in [-0.2, 0) is 22.0 Å². The molecule has 1 aliphatic rings. The van der Waals surface area contributed by atoms with Crippen LogP contribution in [0.3, 0.4) is 0 Å². The highest BCUT2D eigenvalue weighted by molar-refractivity contribution is 7.89. The van der Waals surface area contributed by atoms with Gasteiger partial charge in [0.2, 0.25) is 5.95 Å². The van der Waals surface area contributed by atoms with Gasteiger partial charge in [-0.3, -0.25) is 4.90 Å². The Hall–Kier alpha value is -1.90. The Kier molecular flexibility index (Phi) is 8.73. The first-order valence-electron chi connectivity index (χ1n) is 11.1. The number of benzene rings is 1. The molecular formula is C23H33ClN4O3S. The Morgan fingerprint density at radius 3 is 2.44 bits per heavy atom. The van der Waals surface area contributed by atoms with E-state index in [1.54, 1.807) is 18.2 Å². The zero-order valence-electron chi connectivity index (χ0n) is 19.1. The van der Waals surface area contributed by atoms with Crippen LogP contribution in [0.4, 0.5) is 5.95 Å². The van der Waals surface area contributed by atoms with Crippen molar-refractivity contribution < 1.29 is 13.2 Å². The minimum Gasteiger partial charge on any atom is -0.493 e.